The molecule has 0 aliphatic carbocycles. The van der Waals surface area contributed by atoms with Gasteiger partial charge in [-0.25, -0.2) is 0 Å². The second-order valence-corrected chi connectivity index (χ2v) is 6.16. The number of benzene rings is 1. The third-order valence-corrected chi connectivity index (χ3v) is 4.50. The molecule has 0 unspecified atom stereocenters. The molecule has 0 aliphatic heterocycles. The first kappa shape index (κ1) is 18.1. The number of amides is 1. The largest absolute Gasteiger partial charge is 0.436 e. The highest BCUT2D eigenvalue weighted by Gasteiger charge is 2.38. The summed E-state index contributed by atoms with van der Waals surface area (Å²) in [5.41, 5.74) is -0.711. The van der Waals surface area contributed by atoms with Gasteiger partial charge < -0.3 is 5.32 Å². The van der Waals surface area contributed by atoms with Crippen LogP contribution in [0.15, 0.2) is 22.7 Å². The van der Waals surface area contributed by atoms with E-state index in [1.165, 1.54) is 19.1 Å². The van der Waals surface area contributed by atoms with E-state index in [-0.39, 0.29) is 25.9 Å². The molecule has 1 heterocycles. The minimum absolute atomic E-state index is 0.178. The Morgan fingerprint density at radius 3 is 2.39 bits per heavy atom. The predicted octanol–water partition coefficient (Wildman–Crippen LogP) is 4.92. The van der Waals surface area contributed by atoms with Crippen molar-refractivity contribution in [2.75, 3.05) is 5.32 Å². The summed E-state index contributed by atoms with van der Waals surface area (Å²) in [5.74, 6) is -0.605. The average Bonchev–Trinajstić information content (AvgIpc) is 2.71. The van der Waals surface area contributed by atoms with Gasteiger partial charge in [0.05, 0.1) is 25.9 Å². The fraction of sp³-hybridized carbons (Fsp3) is 0.231. The molecule has 10 heteroatoms. The maximum Gasteiger partial charge on any atom is 0.436 e. The Morgan fingerprint density at radius 1 is 1.35 bits per heavy atom. The summed E-state index contributed by atoms with van der Waals surface area (Å²) < 4.78 is 39.1. The van der Waals surface area contributed by atoms with Gasteiger partial charge in [-0.3, -0.25) is 9.48 Å². The van der Waals surface area contributed by atoms with Crippen LogP contribution in [0.3, 0.4) is 0 Å². The molecule has 0 saturated carbocycles. The topological polar surface area (TPSA) is 46.9 Å². The van der Waals surface area contributed by atoms with Crippen LogP contribution in [0.2, 0.25) is 10.0 Å². The number of hydrogen-bond acceptors (Lipinski definition) is 2. The number of carbonyl (C=O) groups is 1. The van der Waals surface area contributed by atoms with E-state index in [1.54, 1.807) is 6.07 Å². The highest BCUT2D eigenvalue weighted by molar-refractivity contribution is 9.10. The van der Waals surface area contributed by atoms with Gasteiger partial charge in [0, 0.05) is 0 Å². The molecule has 1 aromatic heterocycles. The van der Waals surface area contributed by atoms with E-state index in [2.05, 4.69) is 26.3 Å². The van der Waals surface area contributed by atoms with Gasteiger partial charge in [0.15, 0.2) is 5.69 Å². The van der Waals surface area contributed by atoms with Crippen LogP contribution >= 0.6 is 39.1 Å². The lowest BCUT2D eigenvalue weighted by molar-refractivity contribution is -0.142. The third-order valence-electron chi connectivity index (χ3n) is 2.92. The summed E-state index contributed by atoms with van der Waals surface area (Å²) in [6.45, 7) is 1.00. The number of anilines is 1. The number of rotatable bonds is 3. The fourth-order valence-electron chi connectivity index (χ4n) is 1.79. The van der Waals surface area contributed by atoms with Crippen molar-refractivity contribution in [2.45, 2.75) is 19.6 Å². The van der Waals surface area contributed by atoms with Gasteiger partial charge in [0.1, 0.15) is 6.54 Å². The average molecular weight is 431 g/mol. The van der Waals surface area contributed by atoms with Crippen molar-refractivity contribution < 1.29 is 18.0 Å². The van der Waals surface area contributed by atoms with Crippen LogP contribution in [0.4, 0.5) is 18.9 Å². The molecular formula is C13H9BrCl2F3N3O. The smallest absolute Gasteiger partial charge is 0.322 e. The zero-order valence-electron chi connectivity index (χ0n) is 11.5. The van der Waals surface area contributed by atoms with Crippen molar-refractivity contribution in [3.63, 3.8) is 0 Å². The minimum atomic E-state index is -4.61. The van der Waals surface area contributed by atoms with Crippen molar-refractivity contribution >= 4 is 50.7 Å². The lowest BCUT2D eigenvalue weighted by Crippen LogP contribution is -2.21. The van der Waals surface area contributed by atoms with E-state index < -0.39 is 24.3 Å². The summed E-state index contributed by atoms with van der Waals surface area (Å²) in [6.07, 6.45) is -4.61. The number of nitrogens with zero attached hydrogens (tertiary/aromatic N) is 2. The van der Waals surface area contributed by atoms with E-state index >= 15 is 0 Å². The monoisotopic (exact) mass is 429 g/mol. The number of para-hydroxylation sites is 1. The molecule has 1 aromatic carbocycles. The summed E-state index contributed by atoms with van der Waals surface area (Å²) in [4.78, 5) is 12.0. The number of aromatic nitrogens is 2. The predicted molar refractivity (Wildman–Crippen MR) is 84.8 cm³/mol. The van der Waals surface area contributed by atoms with E-state index in [9.17, 15) is 18.0 Å². The Labute approximate surface area is 147 Å². The first-order valence-electron chi connectivity index (χ1n) is 6.15. The lowest BCUT2D eigenvalue weighted by Gasteiger charge is -2.10. The molecule has 0 bridgehead atoms. The maximum atomic E-state index is 12.8. The van der Waals surface area contributed by atoms with Gasteiger partial charge >= 0.3 is 6.18 Å². The summed E-state index contributed by atoms with van der Waals surface area (Å²) in [5, 5.41) is 6.33. The fourth-order valence-corrected chi connectivity index (χ4v) is 2.79. The van der Waals surface area contributed by atoms with Crippen molar-refractivity contribution in [3.05, 3.63) is 44.1 Å². The van der Waals surface area contributed by atoms with E-state index in [0.29, 0.717) is 0 Å². The molecule has 0 fully saturated rings. The maximum absolute atomic E-state index is 12.8. The Balaban J connectivity index is 2.22. The Hall–Kier alpha value is -1.25. The van der Waals surface area contributed by atoms with Gasteiger partial charge in [-0.1, -0.05) is 29.3 Å². The van der Waals surface area contributed by atoms with Gasteiger partial charge in [-0.05, 0) is 35.0 Å². The molecule has 0 saturated heterocycles. The first-order valence-corrected chi connectivity index (χ1v) is 7.70. The van der Waals surface area contributed by atoms with Crippen LogP contribution in [0, 0.1) is 6.92 Å². The number of nitrogens with one attached hydrogen (secondary N) is 1. The molecule has 2 rings (SSSR count). The molecule has 23 heavy (non-hydrogen) atoms. The van der Waals surface area contributed by atoms with Gasteiger partial charge in [-0.2, -0.15) is 18.3 Å². The molecular weight excluding hydrogens is 422 g/mol. The summed E-state index contributed by atoms with van der Waals surface area (Å²) in [7, 11) is 0. The molecule has 0 spiro atoms. The minimum Gasteiger partial charge on any atom is -0.322 e. The van der Waals surface area contributed by atoms with Crippen molar-refractivity contribution in [2.24, 2.45) is 0 Å². The molecule has 0 atom stereocenters. The second kappa shape index (κ2) is 6.70. The molecule has 124 valence electrons. The van der Waals surface area contributed by atoms with Gasteiger partial charge in [-0.15, -0.1) is 0 Å². The second-order valence-electron chi connectivity index (χ2n) is 4.55. The van der Waals surface area contributed by atoms with Crippen molar-refractivity contribution in [1.29, 1.82) is 0 Å². The Bertz CT molecular complexity index is 741. The van der Waals surface area contributed by atoms with Crippen LogP contribution in [-0.4, -0.2) is 15.7 Å². The first-order chi connectivity index (χ1) is 10.6. The van der Waals surface area contributed by atoms with Crippen molar-refractivity contribution in [3.8, 4) is 0 Å². The van der Waals surface area contributed by atoms with Gasteiger partial charge in [0.2, 0.25) is 5.91 Å². The molecule has 4 nitrogen and oxygen atoms in total. The lowest BCUT2D eigenvalue weighted by atomic mass is 10.3. The standard InChI is InChI=1S/C13H9BrCl2F3N3O/c1-6-10(14)12(13(17,18)19)21-22(6)5-9(23)20-11-7(15)3-2-4-8(11)16/h2-4H,5H2,1H3,(H,20,23). The van der Waals surface area contributed by atoms with Crippen LogP contribution in [-0.2, 0) is 17.5 Å². The Kier molecular flexibility index (Phi) is 5.27. The number of halogens is 6. The van der Waals surface area contributed by atoms with E-state index in [4.69, 9.17) is 23.2 Å². The van der Waals surface area contributed by atoms with Crippen LogP contribution < -0.4 is 5.32 Å². The normalized spacial score (nSPS) is 11.6. The van der Waals surface area contributed by atoms with E-state index in [1.807, 2.05) is 0 Å². The number of alkyl halides is 3. The third kappa shape index (κ3) is 3.99. The molecule has 1 amide bonds. The van der Waals surface area contributed by atoms with Crippen molar-refractivity contribution in [1.82, 2.24) is 9.78 Å². The van der Waals surface area contributed by atoms with Crippen LogP contribution in [0.1, 0.15) is 11.4 Å². The number of hydrogen-bond donors (Lipinski definition) is 1. The quantitative estimate of drug-likeness (QED) is 0.751. The highest BCUT2D eigenvalue weighted by Crippen LogP contribution is 2.35. The SMILES string of the molecule is Cc1c(Br)c(C(F)(F)F)nn1CC(=O)Nc1c(Cl)cccc1Cl. The molecule has 0 aliphatic rings. The van der Waals surface area contributed by atoms with Crippen LogP contribution in [0.25, 0.3) is 0 Å². The molecule has 0 radical (unpaired) electrons. The molecule has 1 N–H and O–H groups in total. The Morgan fingerprint density at radius 2 is 1.91 bits per heavy atom. The van der Waals surface area contributed by atoms with E-state index in [0.717, 1.165) is 4.68 Å². The summed E-state index contributed by atoms with van der Waals surface area (Å²) in [6, 6.07) is 4.66. The number of carbonyl (C=O) groups excluding carboxylic acids is 1. The van der Waals surface area contributed by atoms with Crippen LogP contribution in [0.5, 0.6) is 0 Å². The summed E-state index contributed by atoms with van der Waals surface area (Å²) >= 11 is 14.7. The molecule has 2 aromatic rings. The van der Waals surface area contributed by atoms with Gasteiger partial charge in [0.25, 0.3) is 0 Å². The zero-order chi connectivity index (χ0) is 17.4. The highest BCUT2D eigenvalue weighted by atomic mass is 79.9. The zero-order valence-corrected chi connectivity index (χ0v) is 14.6.